The Kier molecular flexibility index (Phi) is 2.81. The average Bonchev–Trinajstić information content (AvgIpc) is 2.67. The van der Waals surface area contributed by atoms with Gasteiger partial charge < -0.3 is 5.11 Å². The van der Waals surface area contributed by atoms with Crippen molar-refractivity contribution in [2.75, 3.05) is 6.61 Å². The summed E-state index contributed by atoms with van der Waals surface area (Å²) in [6.07, 6.45) is 0.481. The minimum atomic E-state index is -0.149. The van der Waals surface area contributed by atoms with Gasteiger partial charge >= 0.3 is 0 Å². The quantitative estimate of drug-likeness (QED) is 0.746. The van der Waals surface area contributed by atoms with Gasteiger partial charge in [0.05, 0.1) is 11.8 Å². The molecule has 3 unspecified atom stereocenters. The van der Waals surface area contributed by atoms with Crippen LogP contribution in [0, 0.1) is 23.2 Å². The molecule has 1 saturated carbocycles. The highest BCUT2D eigenvalue weighted by molar-refractivity contribution is 6.10. The normalized spacial score (nSPS) is 32.0. The molecule has 2 fully saturated rings. The number of carbonyl (C=O) groups is 2. The van der Waals surface area contributed by atoms with Crippen LogP contribution >= 0.6 is 0 Å². The molecule has 1 heterocycles. The Balaban J connectivity index is 2.19. The second kappa shape index (κ2) is 3.80. The minimum Gasteiger partial charge on any atom is -0.396 e. The van der Waals surface area contributed by atoms with E-state index in [0.717, 1.165) is 0 Å². The molecule has 0 aromatic carbocycles. The number of aliphatic hydroxyl groups is 1. The standard InChI is InChI=1S/C13H21NO3/c1-7(2)8(5-6-15)14-11(16)9-10(12(14)17)13(9,3)4/h7-10,15H,5-6H2,1-4H3. The van der Waals surface area contributed by atoms with E-state index in [1.165, 1.54) is 4.90 Å². The fourth-order valence-corrected chi connectivity index (χ4v) is 3.19. The molecule has 0 aromatic rings. The topological polar surface area (TPSA) is 57.6 Å². The molecular formula is C13H21NO3. The zero-order valence-electron chi connectivity index (χ0n) is 10.9. The monoisotopic (exact) mass is 239 g/mol. The first-order chi connectivity index (χ1) is 7.84. The SMILES string of the molecule is CC(C)C(CCO)N1C(=O)C2C(C1=O)C2(C)C. The van der Waals surface area contributed by atoms with Gasteiger partial charge in [-0.15, -0.1) is 0 Å². The number of rotatable bonds is 4. The molecule has 2 aliphatic rings. The number of hydrogen-bond acceptors (Lipinski definition) is 3. The Morgan fingerprint density at radius 3 is 2.06 bits per heavy atom. The number of carbonyl (C=O) groups excluding carboxylic acids is 2. The molecule has 1 aliphatic heterocycles. The van der Waals surface area contributed by atoms with Gasteiger partial charge in [0.25, 0.3) is 0 Å². The van der Waals surface area contributed by atoms with Gasteiger partial charge in [-0.25, -0.2) is 0 Å². The van der Waals surface area contributed by atoms with Gasteiger partial charge in [0.15, 0.2) is 0 Å². The van der Waals surface area contributed by atoms with Crippen molar-refractivity contribution in [2.24, 2.45) is 23.2 Å². The number of nitrogens with zero attached hydrogens (tertiary/aromatic N) is 1. The van der Waals surface area contributed by atoms with E-state index < -0.39 is 0 Å². The smallest absolute Gasteiger partial charge is 0.233 e. The van der Waals surface area contributed by atoms with Gasteiger partial charge in [-0.1, -0.05) is 27.7 Å². The Morgan fingerprint density at radius 2 is 1.71 bits per heavy atom. The first-order valence-corrected chi connectivity index (χ1v) is 6.31. The van der Waals surface area contributed by atoms with Gasteiger partial charge in [0.1, 0.15) is 0 Å². The molecule has 4 heteroatoms. The molecule has 0 spiro atoms. The van der Waals surface area contributed by atoms with Crippen molar-refractivity contribution in [3.05, 3.63) is 0 Å². The predicted octanol–water partition coefficient (Wildman–Crippen LogP) is 1.03. The molecular weight excluding hydrogens is 218 g/mol. The maximum absolute atomic E-state index is 12.2. The van der Waals surface area contributed by atoms with Crippen LogP contribution in [-0.4, -0.2) is 34.5 Å². The number of likely N-dealkylation sites (tertiary alicyclic amines) is 1. The summed E-state index contributed by atoms with van der Waals surface area (Å²) in [5.74, 6) is -0.102. The lowest BCUT2D eigenvalue weighted by molar-refractivity contribution is -0.147. The molecule has 2 amide bonds. The molecule has 0 bridgehead atoms. The van der Waals surface area contributed by atoms with E-state index in [0.29, 0.717) is 6.42 Å². The maximum atomic E-state index is 12.2. The summed E-state index contributed by atoms with van der Waals surface area (Å²) in [5, 5.41) is 9.05. The van der Waals surface area contributed by atoms with E-state index >= 15 is 0 Å². The molecule has 2 rings (SSSR count). The van der Waals surface area contributed by atoms with E-state index in [-0.39, 0.29) is 47.6 Å². The van der Waals surface area contributed by atoms with Crippen LogP contribution in [0.1, 0.15) is 34.1 Å². The Bertz CT molecular complexity index is 338. The van der Waals surface area contributed by atoms with E-state index in [1.54, 1.807) is 0 Å². The van der Waals surface area contributed by atoms with Crippen LogP contribution in [0.5, 0.6) is 0 Å². The van der Waals surface area contributed by atoms with Crippen LogP contribution in [0.3, 0.4) is 0 Å². The minimum absolute atomic E-state index is 0.0125. The van der Waals surface area contributed by atoms with Crippen LogP contribution in [0.4, 0.5) is 0 Å². The van der Waals surface area contributed by atoms with Gasteiger partial charge in [-0.3, -0.25) is 14.5 Å². The summed E-state index contributed by atoms with van der Waals surface area (Å²) in [4.78, 5) is 25.9. The predicted molar refractivity (Wildman–Crippen MR) is 62.9 cm³/mol. The van der Waals surface area contributed by atoms with Crippen molar-refractivity contribution in [3.8, 4) is 0 Å². The molecule has 17 heavy (non-hydrogen) atoms. The summed E-state index contributed by atoms with van der Waals surface area (Å²) in [5.41, 5.74) is -0.147. The molecule has 1 N–H and O–H groups in total. The highest BCUT2D eigenvalue weighted by Gasteiger charge is 2.73. The number of fused-ring (bicyclic) bond motifs is 1. The van der Waals surface area contributed by atoms with Crippen molar-refractivity contribution in [3.63, 3.8) is 0 Å². The fraction of sp³-hybridized carbons (Fsp3) is 0.846. The van der Waals surface area contributed by atoms with Crippen LogP contribution in [0.15, 0.2) is 0 Å². The van der Waals surface area contributed by atoms with Crippen molar-refractivity contribution in [1.82, 2.24) is 4.90 Å². The van der Waals surface area contributed by atoms with Crippen LogP contribution in [0.25, 0.3) is 0 Å². The molecule has 0 aromatic heterocycles. The van der Waals surface area contributed by atoms with Crippen LogP contribution in [0.2, 0.25) is 0 Å². The average molecular weight is 239 g/mol. The van der Waals surface area contributed by atoms with Gasteiger partial charge in [0, 0.05) is 12.6 Å². The fourth-order valence-electron chi connectivity index (χ4n) is 3.19. The van der Waals surface area contributed by atoms with Crippen molar-refractivity contribution in [2.45, 2.75) is 40.2 Å². The number of aliphatic hydroxyl groups excluding tert-OH is 1. The molecule has 0 radical (unpaired) electrons. The van der Waals surface area contributed by atoms with Crippen LogP contribution < -0.4 is 0 Å². The van der Waals surface area contributed by atoms with E-state index in [1.807, 2.05) is 27.7 Å². The Labute approximate surface area is 102 Å². The van der Waals surface area contributed by atoms with Gasteiger partial charge in [-0.05, 0) is 17.8 Å². The van der Waals surface area contributed by atoms with Crippen LogP contribution in [-0.2, 0) is 9.59 Å². The zero-order valence-corrected chi connectivity index (χ0v) is 10.9. The van der Waals surface area contributed by atoms with E-state index in [4.69, 9.17) is 5.11 Å². The molecule has 1 saturated heterocycles. The Hall–Kier alpha value is -0.900. The Morgan fingerprint density at radius 1 is 1.24 bits per heavy atom. The highest BCUT2D eigenvalue weighted by Crippen LogP contribution is 2.63. The summed E-state index contributed by atoms with van der Waals surface area (Å²) in [7, 11) is 0. The summed E-state index contributed by atoms with van der Waals surface area (Å²) in [6.45, 7) is 7.93. The summed E-state index contributed by atoms with van der Waals surface area (Å²) in [6, 6.07) is -0.149. The number of piperidine rings is 1. The lowest BCUT2D eigenvalue weighted by Gasteiger charge is -2.32. The first-order valence-electron chi connectivity index (χ1n) is 6.31. The molecule has 4 nitrogen and oxygen atoms in total. The maximum Gasteiger partial charge on any atom is 0.233 e. The van der Waals surface area contributed by atoms with E-state index in [9.17, 15) is 9.59 Å². The number of amides is 2. The summed E-state index contributed by atoms with van der Waals surface area (Å²) < 4.78 is 0. The van der Waals surface area contributed by atoms with Crippen molar-refractivity contribution in [1.29, 1.82) is 0 Å². The summed E-state index contributed by atoms with van der Waals surface area (Å²) >= 11 is 0. The third-order valence-corrected chi connectivity index (χ3v) is 4.36. The van der Waals surface area contributed by atoms with Gasteiger partial charge in [-0.2, -0.15) is 0 Å². The third kappa shape index (κ3) is 1.61. The highest BCUT2D eigenvalue weighted by atomic mass is 16.3. The first kappa shape index (κ1) is 12.6. The van der Waals surface area contributed by atoms with Crippen molar-refractivity contribution < 1.29 is 14.7 Å². The second-order valence-corrected chi connectivity index (χ2v) is 6.15. The molecule has 3 atom stereocenters. The molecule has 96 valence electrons. The lowest BCUT2D eigenvalue weighted by Crippen LogP contribution is -2.46. The third-order valence-electron chi connectivity index (χ3n) is 4.36. The second-order valence-electron chi connectivity index (χ2n) is 6.15. The lowest BCUT2D eigenvalue weighted by atomic mass is 9.97. The van der Waals surface area contributed by atoms with E-state index in [2.05, 4.69) is 0 Å². The molecule has 1 aliphatic carbocycles. The van der Waals surface area contributed by atoms with Crippen molar-refractivity contribution >= 4 is 11.8 Å². The number of hydrogen-bond donors (Lipinski definition) is 1. The van der Waals surface area contributed by atoms with Gasteiger partial charge in [0.2, 0.25) is 11.8 Å². The zero-order chi connectivity index (χ0) is 13.0. The number of imide groups is 1. The largest absolute Gasteiger partial charge is 0.396 e.